The van der Waals surface area contributed by atoms with Crippen molar-refractivity contribution in [2.24, 2.45) is 0 Å². The molecule has 0 aliphatic carbocycles. The number of piperidine rings is 1. The maximum atomic E-state index is 12.7. The molecule has 1 aliphatic rings. The van der Waals surface area contributed by atoms with Crippen molar-refractivity contribution in [3.8, 4) is 11.1 Å². The van der Waals surface area contributed by atoms with E-state index < -0.39 is 14.4 Å². The summed E-state index contributed by atoms with van der Waals surface area (Å²) in [6.45, 7) is 13.4. The summed E-state index contributed by atoms with van der Waals surface area (Å²) < 4.78 is 6.28. The molecule has 0 saturated carbocycles. The SMILES string of the molecule is CN1CCC(N(C(=O)O)c2cc(CCCC(=O)Nc3ccc(CO[Si](C)(C)C(C)(C)C)cn3)ccc2-c2ccccc2)CC1. The lowest BCUT2D eigenvalue weighted by molar-refractivity contribution is -0.116. The monoisotopic (exact) mass is 616 g/mol. The van der Waals surface area contributed by atoms with Crippen LogP contribution in [0.5, 0.6) is 0 Å². The summed E-state index contributed by atoms with van der Waals surface area (Å²) in [5.74, 6) is 0.429. The summed E-state index contributed by atoms with van der Waals surface area (Å²) in [5, 5.41) is 13.4. The number of aromatic nitrogens is 1. The maximum Gasteiger partial charge on any atom is 0.412 e. The average Bonchev–Trinajstić information content (AvgIpc) is 2.98. The summed E-state index contributed by atoms with van der Waals surface area (Å²) in [4.78, 5) is 33.6. The largest absolute Gasteiger partial charge is 0.465 e. The van der Waals surface area contributed by atoms with Crippen molar-refractivity contribution in [1.29, 1.82) is 0 Å². The molecule has 2 amide bonds. The Kier molecular flexibility index (Phi) is 11.0. The van der Waals surface area contributed by atoms with Gasteiger partial charge >= 0.3 is 6.09 Å². The third-order valence-electron chi connectivity index (χ3n) is 9.03. The number of amides is 2. The van der Waals surface area contributed by atoms with Crippen LogP contribution >= 0.6 is 0 Å². The number of carboxylic acid groups (broad SMARTS) is 1. The fourth-order valence-corrected chi connectivity index (χ4v) is 6.19. The summed E-state index contributed by atoms with van der Waals surface area (Å²) in [6, 6.07) is 19.7. The highest BCUT2D eigenvalue weighted by atomic mass is 28.4. The van der Waals surface area contributed by atoms with E-state index in [1.165, 1.54) is 0 Å². The molecule has 8 nitrogen and oxygen atoms in total. The van der Waals surface area contributed by atoms with Gasteiger partial charge < -0.3 is 19.7 Å². The number of hydrogen-bond donors (Lipinski definition) is 2. The summed E-state index contributed by atoms with van der Waals surface area (Å²) in [6.07, 6.45) is 4.05. The van der Waals surface area contributed by atoms with Gasteiger partial charge in [0.15, 0.2) is 8.32 Å². The van der Waals surface area contributed by atoms with E-state index >= 15 is 0 Å². The second kappa shape index (κ2) is 14.5. The first-order valence-corrected chi connectivity index (χ1v) is 18.5. The Bertz CT molecular complexity index is 1400. The predicted octanol–water partition coefficient (Wildman–Crippen LogP) is 7.81. The molecule has 2 N–H and O–H groups in total. The molecule has 0 spiro atoms. The van der Waals surface area contributed by atoms with Gasteiger partial charge in [-0.3, -0.25) is 9.69 Å². The predicted molar refractivity (Wildman–Crippen MR) is 181 cm³/mol. The minimum atomic E-state index is -1.85. The molecule has 1 fully saturated rings. The Morgan fingerprint density at radius 1 is 1.05 bits per heavy atom. The molecule has 1 saturated heterocycles. The zero-order chi connectivity index (χ0) is 31.9. The first-order valence-electron chi connectivity index (χ1n) is 15.6. The number of nitrogens with one attached hydrogen (secondary N) is 1. The van der Waals surface area contributed by atoms with Crippen molar-refractivity contribution in [1.82, 2.24) is 9.88 Å². The molecule has 4 rings (SSSR count). The number of anilines is 2. The Balaban J connectivity index is 1.39. The van der Waals surface area contributed by atoms with Crippen molar-refractivity contribution in [2.45, 2.75) is 83.7 Å². The summed E-state index contributed by atoms with van der Waals surface area (Å²) >= 11 is 0. The Hall–Kier alpha value is -3.53. The third kappa shape index (κ3) is 8.77. The molecule has 2 heterocycles. The molecular weight excluding hydrogens is 568 g/mol. The fourth-order valence-electron chi connectivity index (χ4n) is 5.23. The normalized spacial score (nSPS) is 14.8. The molecule has 0 unspecified atom stereocenters. The molecular formula is C35H48N4O4Si. The zero-order valence-corrected chi connectivity index (χ0v) is 28.1. The van der Waals surface area contributed by atoms with Crippen LogP contribution in [0.1, 0.15) is 57.6 Å². The van der Waals surface area contributed by atoms with Crippen molar-refractivity contribution < 1.29 is 19.1 Å². The number of likely N-dealkylation sites (tertiary alicyclic amines) is 1. The number of carbonyl (C=O) groups excluding carboxylic acids is 1. The molecule has 236 valence electrons. The van der Waals surface area contributed by atoms with E-state index in [-0.39, 0.29) is 17.0 Å². The third-order valence-corrected chi connectivity index (χ3v) is 13.5. The number of rotatable bonds is 11. The highest BCUT2D eigenvalue weighted by Crippen LogP contribution is 2.37. The molecule has 1 aromatic heterocycles. The minimum absolute atomic E-state index is 0.0790. The van der Waals surface area contributed by atoms with E-state index in [4.69, 9.17) is 4.43 Å². The zero-order valence-electron chi connectivity index (χ0n) is 27.1. The first-order chi connectivity index (χ1) is 20.8. The lowest BCUT2D eigenvalue weighted by atomic mass is 9.96. The average molecular weight is 617 g/mol. The number of carbonyl (C=O) groups is 2. The molecule has 1 aliphatic heterocycles. The number of aryl methyl sites for hydroxylation is 1. The van der Waals surface area contributed by atoms with E-state index in [0.717, 1.165) is 48.2 Å². The molecule has 0 atom stereocenters. The number of hydrogen-bond acceptors (Lipinski definition) is 5. The van der Waals surface area contributed by atoms with Crippen LogP contribution in [0.15, 0.2) is 66.9 Å². The summed E-state index contributed by atoms with van der Waals surface area (Å²) in [7, 11) is 0.225. The standard InChI is InChI=1S/C35H48N4O4Si/c1-35(2,3)44(5,6)43-25-27-16-18-32(36-24-27)37-33(40)14-10-11-26-15-17-30(28-12-8-7-9-13-28)31(23-26)39(34(41)42)29-19-21-38(4)22-20-29/h7-9,12-13,15-18,23-24,29H,10-11,14,19-22,25H2,1-6H3,(H,41,42)(H,36,37,40). The van der Waals surface area contributed by atoms with Gasteiger partial charge in [-0.05, 0) is 92.8 Å². The van der Waals surface area contributed by atoms with Crippen LogP contribution in [-0.4, -0.2) is 61.5 Å². The van der Waals surface area contributed by atoms with E-state index in [9.17, 15) is 14.7 Å². The van der Waals surface area contributed by atoms with Crippen molar-refractivity contribution in [3.63, 3.8) is 0 Å². The van der Waals surface area contributed by atoms with Gasteiger partial charge in [0.2, 0.25) is 5.91 Å². The van der Waals surface area contributed by atoms with E-state index in [1.807, 2.05) is 60.7 Å². The molecule has 3 aromatic rings. The van der Waals surface area contributed by atoms with Crippen LogP contribution in [0.3, 0.4) is 0 Å². The molecule has 2 aromatic carbocycles. The molecule has 0 bridgehead atoms. The van der Waals surface area contributed by atoms with Crippen LogP contribution in [-0.2, 0) is 22.2 Å². The van der Waals surface area contributed by atoms with Crippen molar-refractivity contribution in [3.05, 3.63) is 78.0 Å². The number of benzene rings is 2. The van der Waals surface area contributed by atoms with Crippen LogP contribution in [0.25, 0.3) is 11.1 Å². The van der Waals surface area contributed by atoms with Gasteiger partial charge in [0.25, 0.3) is 0 Å². The molecule has 0 radical (unpaired) electrons. The van der Waals surface area contributed by atoms with Crippen LogP contribution < -0.4 is 10.2 Å². The Labute approximate surface area is 263 Å². The number of pyridine rings is 1. The minimum Gasteiger partial charge on any atom is -0.465 e. The smallest absolute Gasteiger partial charge is 0.412 e. The van der Waals surface area contributed by atoms with Crippen molar-refractivity contribution in [2.75, 3.05) is 30.4 Å². The maximum absolute atomic E-state index is 12.7. The highest BCUT2D eigenvalue weighted by molar-refractivity contribution is 6.74. The van der Waals surface area contributed by atoms with Gasteiger partial charge in [0, 0.05) is 24.2 Å². The van der Waals surface area contributed by atoms with E-state index in [0.29, 0.717) is 37.4 Å². The van der Waals surface area contributed by atoms with Gasteiger partial charge in [-0.25, -0.2) is 9.78 Å². The van der Waals surface area contributed by atoms with Gasteiger partial charge in [-0.15, -0.1) is 0 Å². The Morgan fingerprint density at radius 3 is 2.34 bits per heavy atom. The van der Waals surface area contributed by atoms with Gasteiger partial charge in [-0.1, -0.05) is 69.3 Å². The van der Waals surface area contributed by atoms with Crippen LogP contribution in [0, 0.1) is 0 Å². The van der Waals surface area contributed by atoms with Crippen LogP contribution in [0.4, 0.5) is 16.3 Å². The van der Waals surface area contributed by atoms with Gasteiger partial charge in [-0.2, -0.15) is 0 Å². The van der Waals surface area contributed by atoms with Crippen molar-refractivity contribution >= 4 is 31.8 Å². The second-order valence-electron chi connectivity index (χ2n) is 13.4. The van der Waals surface area contributed by atoms with Gasteiger partial charge in [0.05, 0.1) is 12.3 Å². The lowest BCUT2D eigenvalue weighted by Crippen LogP contribution is -2.46. The number of nitrogens with zero attached hydrogens (tertiary/aromatic N) is 3. The quantitative estimate of drug-likeness (QED) is 0.213. The molecule has 44 heavy (non-hydrogen) atoms. The Morgan fingerprint density at radius 2 is 1.73 bits per heavy atom. The fraction of sp³-hybridized carbons (Fsp3) is 0.457. The molecule has 9 heteroatoms. The summed E-state index contributed by atoms with van der Waals surface area (Å²) in [5.41, 5.74) is 4.59. The topological polar surface area (TPSA) is 95.0 Å². The van der Waals surface area contributed by atoms with Crippen LogP contribution in [0.2, 0.25) is 18.1 Å². The highest BCUT2D eigenvalue weighted by Gasteiger charge is 2.37. The van der Waals surface area contributed by atoms with Gasteiger partial charge in [0.1, 0.15) is 5.82 Å². The van der Waals surface area contributed by atoms with E-state index in [1.54, 1.807) is 11.1 Å². The second-order valence-corrected chi connectivity index (χ2v) is 18.2. The first kappa shape index (κ1) is 33.4. The van der Waals surface area contributed by atoms with E-state index in [2.05, 4.69) is 56.1 Å². The lowest BCUT2D eigenvalue weighted by Gasteiger charge is -2.36.